The molecule has 464 valence electrons. The first kappa shape index (κ1) is 60.2. The first-order chi connectivity index (χ1) is 45.1. The number of ether oxygens (including phenoxy) is 1. The van der Waals surface area contributed by atoms with E-state index in [2.05, 4.69) is 365 Å². The summed E-state index contributed by atoms with van der Waals surface area (Å²) in [4.78, 5) is 10.5. The van der Waals surface area contributed by atoms with Crippen molar-refractivity contribution in [2.45, 2.75) is 105 Å². The van der Waals surface area contributed by atoms with Gasteiger partial charge >= 0.3 is 0 Å². The van der Waals surface area contributed by atoms with Gasteiger partial charge in [-0.2, -0.15) is 0 Å². The Balaban J connectivity index is 0.888. The second kappa shape index (κ2) is 22.6. The van der Waals surface area contributed by atoms with Crippen molar-refractivity contribution in [3.8, 4) is 61.8 Å². The van der Waals surface area contributed by atoms with Gasteiger partial charge in [-0.25, -0.2) is 4.98 Å². The van der Waals surface area contributed by atoms with Gasteiger partial charge in [-0.1, -0.05) is 283 Å². The highest BCUT2D eigenvalue weighted by atomic mass is 28.3. The minimum Gasteiger partial charge on any atom is -0.457 e. The van der Waals surface area contributed by atoms with Crippen LogP contribution in [0.4, 0.5) is 22.7 Å². The lowest BCUT2D eigenvalue weighted by molar-refractivity contribution is 0.483. The van der Waals surface area contributed by atoms with Crippen molar-refractivity contribution < 1.29 is 4.74 Å². The molecule has 0 bridgehead atoms. The molecule has 15 rings (SSSR count). The predicted molar refractivity (Wildman–Crippen MR) is 401 cm³/mol. The second-order valence-electron chi connectivity index (χ2n) is 30.0. The number of hydrogen-bond donors (Lipinski definition) is 0. The normalized spacial score (nSPS) is 13.7. The highest BCUT2D eigenvalue weighted by Crippen LogP contribution is 2.52. The largest absolute Gasteiger partial charge is 0.457 e. The highest BCUT2D eigenvalue weighted by molar-refractivity contribution is 7.23. The molecule has 2 aliphatic heterocycles. The molecule has 0 atom stereocenters. The van der Waals surface area contributed by atoms with Crippen LogP contribution >= 0.6 is 0 Å². The molecule has 2 aliphatic rings. The lowest BCUT2D eigenvalue weighted by Crippen LogP contribution is -2.72. The molecule has 0 aliphatic carbocycles. The number of para-hydroxylation sites is 3. The summed E-state index contributed by atoms with van der Waals surface area (Å²) < 4.78 is 9.68. The Hall–Kier alpha value is -10.0. The Kier molecular flexibility index (Phi) is 14.5. The van der Waals surface area contributed by atoms with E-state index in [4.69, 9.17) is 9.72 Å². The third-order valence-electron chi connectivity index (χ3n) is 19.8. The fourth-order valence-corrected chi connectivity index (χ4v) is 20.4. The Labute approximate surface area is 556 Å². The molecule has 11 aromatic carbocycles. The van der Waals surface area contributed by atoms with E-state index in [1.165, 1.54) is 87.5 Å². The summed E-state index contributed by atoms with van der Waals surface area (Å²) >= 11 is 0. The summed E-state index contributed by atoms with van der Waals surface area (Å²) in [7, 11) is -2.99. The monoisotopic (exact) mass is 1240 g/mol. The van der Waals surface area contributed by atoms with Gasteiger partial charge in [0.1, 0.15) is 24.0 Å². The van der Waals surface area contributed by atoms with E-state index in [-0.39, 0.29) is 21.7 Å². The molecular weight excluding hydrogens is 1160 g/mol. The molecule has 0 saturated heterocycles. The average Bonchev–Trinajstić information content (AvgIpc) is 1.51. The fourth-order valence-electron chi connectivity index (χ4n) is 14.9. The molecule has 2 aromatic heterocycles. The Morgan fingerprint density at radius 1 is 0.383 bits per heavy atom. The molecule has 0 amide bonds. The van der Waals surface area contributed by atoms with Crippen molar-refractivity contribution in [1.29, 1.82) is 0 Å². The standard InChI is InChI=1S/C88H82N4OSi/c1-85(2,3)61-44-42-59(43-45-61)74-56-89-81(55-75(74)88(10,11)12)92-78-49-48-72-71-36-22-25-41-80(71)94(67-32-18-14-19-33-67,68-34-20-15-21-35-68)84(72)82(78)73-47-46-66(54-79(73)92)93-65-31-26-30-64(53-65)90-57-91(77-40-24-23-39-76(77)90)83-69(58-28-16-13-17-29-58)37-27-38-70(83)60-50-62(86(4,5)6)52-63(51-60)87(7,8)9/h13-56H,57H2,1-12H3. The molecule has 5 nitrogen and oxygen atoms in total. The summed E-state index contributed by atoms with van der Waals surface area (Å²) in [6.07, 6.45) is 2.12. The maximum Gasteiger partial charge on any atom is 0.181 e. The number of aromatic nitrogens is 2. The molecular formula is C88H82N4OSi. The van der Waals surface area contributed by atoms with Crippen LogP contribution in [0.15, 0.2) is 267 Å². The van der Waals surface area contributed by atoms with Crippen molar-refractivity contribution in [3.05, 3.63) is 289 Å². The maximum absolute atomic E-state index is 7.25. The van der Waals surface area contributed by atoms with Crippen LogP contribution in [0.1, 0.15) is 105 Å². The zero-order valence-electron chi connectivity index (χ0n) is 56.3. The van der Waals surface area contributed by atoms with E-state index in [1.54, 1.807) is 0 Å². The van der Waals surface area contributed by atoms with E-state index in [0.29, 0.717) is 6.67 Å². The number of fused-ring (bicyclic) bond motifs is 8. The molecule has 4 heterocycles. The number of rotatable bonds is 10. The fraction of sp³-hybridized carbons (Fsp3) is 0.193. The molecule has 0 spiro atoms. The van der Waals surface area contributed by atoms with Crippen LogP contribution in [-0.4, -0.2) is 24.3 Å². The van der Waals surface area contributed by atoms with Crippen molar-refractivity contribution in [2.75, 3.05) is 16.5 Å². The van der Waals surface area contributed by atoms with Gasteiger partial charge in [0.25, 0.3) is 0 Å². The smallest absolute Gasteiger partial charge is 0.181 e. The minimum absolute atomic E-state index is 0.0410. The van der Waals surface area contributed by atoms with Gasteiger partial charge in [0, 0.05) is 51.5 Å². The van der Waals surface area contributed by atoms with Crippen LogP contribution < -0.4 is 35.3 Å². The van der Waals surface area contributed by atoms with Crippen LogP contribution in [0.25, 0.3) is 72.1 Å². The van der Waals surface area contributed by atoms with Crippen LogP contribution in [0.5, 0.6) is 11.5 Å². The third kappa shape index (κ3) is 10.3. The van der Waals surface area contributed by atoms with Crippen molar-refractivity contribution in [1.82, 2.24) is 9.55 Å². The van der Waals surface area contributed by atoms with Crippen molar-refractivity contribution >= 4 is 73.4 Å². The van der Waals surface area contributed by atoms with E-state index in [1.807, 2.05) is 0 Å². The van der Waals surface area contributed by atoms with Gasteiger partial charge in [0.05, 0.1) is 28.1 Å². The third-order valence-corrected chi connectivity index (χ3v) is 24.7. The lowest BCUT2D eigenvalue weighted by atomic mass is 9.78. The number of benzene rings is 11. The van der Waals surface area contributed by atoms with Crippen LogP contribution in [0, 0.1) is 0 Å². The average molecular weight is 1240 g/mol. The van der Waals surface area contributed by atoms with Gasteiger partial charge in [0.15, 0.2) is 8.07 Å². The molecule has 0 fully saturated rings. The molecule has 0 saturated carbocycles. The minimum atomic E-state index is -2.99. The van der Waals surface area contributed by atoms with E-state index in [0.717, 1.165) is 61.9 Å². The lowest BCUT2D eigenvalue weighted by Gasteiger charge is -2.32. The molecule has 94 heavy (non-hydrogen) atoms. The van der Waals surface area contributed by atoms with Gasteiger partial charge in [-0.3, -0.25) is 4.57 Å². The Morgan fingerprint density at radius 2 is 0.936 bits per heavy atom. The zero-order chi connectivity index (χ0) is 65.1. The summed E-state index contributed by atoms with van der Waals surface area (Å²) in [5.74, 6) is 2.36. The summed E-state index contributed by atoms with van der Waals surface area (Å²) in [6, 6.07) is 97.4. The first-order valence-electron chi connectivity index (χ1n) is 33.4. The number of pyridine rings is 1. The zero-order valence-corrected chi connectivity index (χ0v) is 57.3. The van der Waals surface area contributed by atoms with Crippen molar-refractivity contribution in [3.63, 3.8) is 0 Å². The predicted octanol–water partition coefficient (Wildman–Crippen LogP) is 20.8. The molecule has 6 heteroatoms. The highest BCUT2D eigenvalue weighted by Gasteiger charge is 2.50. The number of nitrogens with zero attached hydrogens (tertiary/aromatic N) is 4. The van der Waals surface area contributed by atoms with Crippen LogP contribution in [0.2, 0.25) is 0 Å². The van der Waals surface area contributed by atoms with Gasteiger partial charge in [-0.05, 0) is 141 Å². The number of hydrogen-bond acceptors (Lipinski definition) is 4. The first-order valence-corrected chi connectivity index (χ1v) is 35.4. The summed E-state index contributed by atoms with van der Waals surface area (Å²) in [5.41, 5.74) is 21.3. The summed E-state index contributed by atoms with van der Waals surface area (Å²) in [5, 5.41) is 7.96. The second-order valence-corrected chi connectivity index (χ2v) is 33.7. The van der Waals surface area contributed by atoms with E-state index >= 15 is 0 Å². The number of anilines is 4. The topological polar surface area (TPSA) is 33.5 Å². The van der Waals surface area contributed by atoms with Gasteiger partial charge < -0.3 is 14.5 Å². The van der Waals surface area contributed by atoms with Crippen molar-refractivity contribution in [2.24, 2.45) is 0 Å². The van der Waals surface area contributed by atoms with E-state index < -0.39 is 8.07 Å². The van der Waals surface area contributed by atoms with Gasteiger partial charge in [0.2, 0.25) is 0 Å². The molecule has 0 unspecified atom stereocenters. The Morgan fingerprint density at radius 3 is 1.57 bits per heavy atom. The van der Waals surface area contributed by atoms with E-state index in [9.17, 15) is 0 Å². The summed E-state index contributed by atoms with van der Waals surface area (Å²) in [6.45, 7) is 28.3. The molecule has 13 aromatic rings. The maximum atomic E-state index is 7.25. The van der Waals surface area contributed by atoms with Crippen LogP contribution in [0.3, 0.4) is 0 Å². The van der Waals surface area contributed by atoms with Gasteiger partial charge in [-0.15, -0.1) is 0 Å². The molecule has 0 N–H and O–H groups in total. The van der Waals surface area contributed by atoms with Crippen LogP contribution in [-0.2, 0) is 21.7 Å². The Bertz CT molecular complexity index is 4990. The SMILES string of the molecule is CC(C)(C)c1ccc(-c2cnc(-n3c4cc(Oc5cccc(N6CN(c7c(-c8ccccc8)cccc7-c7cc(C(C)(C)C)cc(C(C)(C)C)c7)c7ccccc76)c5)ccc4c4c5c(ccc43)-c3ccccc3[Si]5(c3ccccc3)c3ccccc3)cc2C(C)(C)C)cc1. The molecule has 0 radical (unpaired) electrons. The quantitative estimate of drug-likeness (QED) is 0.128.